The minimum atomic E-state index is -0.471. The minimum Gasteiger partial charge on any atom is -0.375 e. The SMILES string of the molecule is c1ccc2c(c1)-c1ccccc1C21c2ccccc2N2c3cc4sc5ccccc5c4c4c3B(c3cccc1c32)n1c2c-4cccc2c2ccc3ccccc3c21. The van der Waals surface area contributed by atoms with Crippen molar-refractivity contribution in [2.45, 2.75) is 5.41 Å². The van der Waals surface area contributed by atoms with Gasteiger partial charge in [-0.2, -0.15) is 0 Å². The number of anilines is 3. The van der Waals surface area contributed by atoms with Gasteiger partial charge in [-0.1, -0.05) is 158 Å². The Morgan fingerprint density at radius 1 is 0.456 bits per heavy atom. The van der Waals surface area contributed by atoms with Gasteiger partial charge in [-0.3, -0.25) is 0 Å². The molecule has 11 aromatic rings. The molecule has 9 aromatic carbocycles. The molecule has 0 N–H and O–H groups in total. The Labute approximate surface area is 332 Å². The number of aromatic nitrogens is 1. The second kappa shape index (κ2) is 9.91. The molecular weight excluding hydrogens is 707 g/mol. The molecule has 4 aliphatic rings. The molecule has 4 heteroatoms. The molecule has 15 rings (SSSR count). The van der Waals surface area contributed by atoms with Crippen molar-refractivity contribution in [3.8, 4) is 22.3 Å². The molecule has 0 saturated heterocycles. The molecule has 0 atom stereocenters. The summed E-state index contributed by atoms with van der Waals surface area (Å²) in [5, 5.41) is 7.95. The Morgan fingerprint density at radius 3 is 1.96 bits per heavy atom. The quantitative estimate of drug-likeness (QED) is 0.141. The van der Waals surface area contributed by atoms with Gasteiger partial charge in [0.1, 0.15) is 0 Å². The summed E-state index contributed by atoms with van der Waals surface area (Å²) >= 11 is 1.93. The van der Waals surface area contributed by atoms with Gasteiger partial charge in [0.05, 0.1) is 11.1 Å². The molecule has 0 unspecified atom stereocenters. The number of para-hydroxylation sites is 3. The average Bonchev–Trinajstić information content (AvgIpc) is 3.91. The van der Waals surface area contributed by atoms with Crippen LogP contribution in [0.3, 0.4) is 0 Å². The van der Waals surface area contributed by atoms with Crippen LogP contribution in [0.5, 0.6) is 0 Å². The second-order valence-corrected chi connectivity index (χ2v) is 17.3. The highest BCUT2D eigenvalue weighted by molar-refractivity contribution is 7.26. The molecule has 5 heterocycles. The van der Waals surface area contributed by atoms with Crippen LogP contribution in [0, 0.1) is 0 Å². The monoisotopic (exact) mass is 736 g/mol. The molecule has 0 amide bonds. The largest absolute Gasteiger partial charge is 0.375 e. The fourth-order valence-electron chi connectivity index (χ4n) is 12.0. The third-order valence-electron chi connectivity index (χ3n) is 13.9. The lowest BCUT2D eigenvalue weighted by Gasteiger charge is -2.49. The molecule has 1 spiro atoms. The van der Waals surface area contributed by atoms with Crippen LogP contribution in [0.15, 0.2) is 176 Å². The summed E-state index contributed by atoms with van der Waals surface area (Å²) in [5.41, 5.74) is 19.6. The minimum absolute atomic E-state index is 0.0424. The van der Waals surface area contributed by atoms with Gasteiger partial charge < -0.3 is 9.38 Å². The van der Waals surface area contributed by atoms with Gasteiger partial charge in [0.2, 0.25) is 0 Å². The zero-order valence-corrected chi connectivity index (χ0v) is 31.4. The summed E-state index contributed by atoms with van der Waals surface area (Å²) in [6.45, 7) is -0.0424. The van der Waals surface area contributed by atoms with E-state index >= 15 is 0 Å². The maximum Gasteiger partial charge on any atom is 0.333 e. The Balaban J connectivity index is 1.20. The Morgan fingerprint density at radius 2 is 1.11 bits per heavy atom. The number of hydrogen-bond donors (Lipinski definition) is 0. The fourth-order valence-corrected chi connectivity index (χ4v) is 13.2. The van der Waals surface area contributed by atoms with Crippen LogP contribution >= 0.6 is 11.3 Å². The van der Waals surface area contributed by atoms with E-state index in [1.807, 2.05) is 11.3 Å². The predicted octanol–water partition coefficient (Wildman–Crippen LogP) is 12.4. The first kappa shape index (κ1) is 29.4. The van der Waals surface area contributed by atoms with E-state index in [0.29, 0.717) is 0 Å². The Hall–Kier alpha value is -6.88. The number of hydrogen-bond acceptors (Lipinski definition) is 2. The van der Waals surface area contributed by atoms with Crippen LogP contribution in [-0.4, -0.2) is 11.3 Å². The van der Waals surface area contributed by atoms with Crippen molar-refractivity contribution in [2.24, 2.45) is 0 Å². The third-order valence-corrected chi connectivity index (χ3v) is 15.0. The molecule has 2 nitrogen and oxygen atoms in total. The maximum absolute atomic E-state index is 2.76. The molecule has 3 aliphatic heterocycles. The standard InChI is InChI=1S/C53H29BN2S/c1-2-14-31-30(13-1)27-28-35-34-18-11-19-37-48-47-36-17-5-10-26-45(36)57-46(47)29-44-49(48)54(56(50(31)35)51(34)37)42-24-12-23-41-52(42)55(44)43-25-9-8-22-40(43)53(41)38-20-6-3-15-32(38)33-16-4-7-21-39(33)53/h1-29H. The molecule has 0 saturated carbocycles. The molecule has 57 heavy (non-hydrogen) atoms. The number of fused-ring (bicyclic) bond motifs is 22. The van der Waals surface area contributed by atoms with Gasteiger partial charge in [0.15, 0.2) is 0 Å². The van der Waals surface area contributed by atoms with E-state index < -0.39 is 5.41 Å². The molecular formula is C53H29BN2S. The topological polar surface area (TPSA) is 8.17 Å². The number of thiophene rings is 1. The highest BCUT2D eigenvalue weighted by Crippen LogP contribution is 2.64. The number of benzene rings is 9. The first-order valence-corrected chi connectivity index (χ1v) is 20.8. The summed E-state index contributed by atoms with van der Waals surface area (Å²) in [7, 11) is 0. The summed E-state index contributed by atoms with van der Waals surface area (Å²) in [4.78, 5) is 2.67. The van der Waals surface area contributed by atoms with Crippen LogP contribution in [0.4, 0.5) is 17.1 Å². The molecule has 1 aliphatic carbocycles. The van der Waals surface area contributed by atoms with E-state index in [-0.39, 0.29) is 6.85 Å². The van der Waals surface area contributed by atoms with Gasteiger partial charge in [-0.25, -0.2) is 0 Å². The lowest BCUT2D eigenvalue weighted by atomic mass is 9.43. The average molecular weight is 737 g/mol. The summed E-state index contributed by atoms with van der Waals surface area (Å²) < 4.78 is 5.43. The molecule has 0 bridgehead atoms. The molecule has 260 valence electrons. The first-order valence-electron chi connectivity index (χ1n) is 20.0. The van der Waals surface area contributed by atoms with E-state index in [4.69, 9.17) is 0 Å². The lowest BCUT2D eigenvalue weighted by molar-refractivity contribution is 0.753. The van der Waals surface area contributed by atoms with Crippen LogP contribution < -0.4 is 15.8 Å². The molecule has 2 aromatic heterocycles. The zero-order chi connectivity index (χ0) is 36.7. The Bertz CT molecular complexity index is 3640. The summed E-state index contributed by atoms with van der Waals surface area (Å²) in [6.07, 6.45) is 0. The van der Waals surface area contributed by atoms with Crippen molar-refractivity contribution < 1.29 is 0 Å². The maximum atomic E-state index is 2.76. The van der Waals surface area contributed by atoms with Crippen molar-refractivity contribution in [3.05, 3.63) is 198 Å². The van der Waals surface area contributed by atoms with E-state index in [0.717, 1.165) is 0 Å². The van der Waals surface area contributed by atoms with E-state index in [9.17, 15) is 0 Å². The number of nitrogens with zero attached hydrogens (tertiary/aromatic N) is 2. The van der Waals surface area contributed by atoms with Crippen molar-refractivity contribution >= 4 is 98.9 Å². The molecule has 0 fully saturated rings. The first-order chi connectivity index (χ1) is 28.3. The van der Waals surface area contributed by atoms with Gasteiger partial charge in [-0.15, -0.1) is 11.3 Å². The second-order valence-electron chi connectivity index (χ2n) is 16.3. The smallest absolute Gasteiger partial charge is 0.333 e. The van der Waals surface area contributed by atoms with E-state index in [1.54, 1.807) is 0 Å². The van der Waals surface area contributed by atoms with Crippen LogP contribution in [0.2, 0.25) is 0 Å². The van der Waals surface area contributed by atoms with Crippen LogP contribution in [0.25, 0.3) is 75.0 Å². The normalized spacial score (nSPS) is 14.7. The van der Waals surface area contributed by atoms with Crippen molar-refractivity contribution in [2.75, 3.05) is 4.90 Å². The van der Waals surface area contributed by atoms with E-state index in [2.05, 4.69) is 185 Å². The summed E-state index contributed by atoms with van der Waals surface area (Å²) in [6, 6.07) is 67.2. The van der Waals surface area contributed by atoms with Gasteiger partial charge in [-0.05, 0) is 73.5 Å². The van der Waals surface area contributed by atoms with Gasteiger partial charge in [0.25, 0.3) is 0 Å². The highest BCUT2D eigenvalue weighted by Gasteiger charge is 2.55. The summed E-state index contributed by atoms with van der Waals surface area (Å²) in [5.74, 6) is 0. The molecule has 0 radical (unpaired) electrons. The van der Waals surface area contributed by atoms with Gasteiger partial charge in [0, 0.05) is 64.3 Å². The predicted molar refractivity (Wildman–Crippen MR) is 241 cm³/mol. The fraction of sp³-hybridized carbons (Fsp3) is 0.0189. The lowest BCUT2D eigenvalue weighted by Crippen LogP contribution is -2.58. The van der Waals surface area contributed by atoms with Gasteiger partial charge >= 0.3 is 6.85 Å². The Kier molecular flexibility index (Phi) is 5.12. The highest BCUT2D eigenvalue weighted by atomic mass is 32.1. The van der Waals surface area contributed by atoms with Crippen molar-refractivity contribution in [1.29, 1.82) is 0 Å². The van der Waals surface area contributed by atoms with E-state index in [1.165, 1.54) is 125 Å². The zero-order valence-electron chi connectivity index (χ0n) is 30.6. The van der Waals surface area contributed by atoms with Crippen molar-refractivity contribution in [3.63, 3.8) is 0 Å². The third kappa shape index (κ3) is 3.18. The van der Waals surface area contributed by atoms with Crippen molar-refractivity contribution in [1.82, 2.24) is 4.48 Å². The number of rotatable bonds is 0. The van der Waals surface area contributed by atoms with Crippen LogP contribution in [0.1, 0.15) is 22.3 Å². The van der Waals surface area contributed by atoms with Crippen LogP contribution in [-0.2, 0) is 5.41 Å².